The van der Waals surface area contributed by atoms with E-state index in [1.54, 1.807) is 0 Å². The molecule has 0 saturated carbocycles. The third kappa shape index (κ3) is 5.35. The zero-order chi connectivity index (χ0) is 20.0. The van der Waals surface area contributed by atoms with Crippen LogP contribution in [0.3, 0.4) is 0 Å². The maximum Gasteiger partial charge on any atom is 0.191 e. The van der Waals surface area contributed by atoms with E-state index >= 15 is 0 Å². The molecule has 1 aromatic carbocycles. The zero-order valence-electron chi connectivity index (χ0n) is 17.7. The SMILES string of the molecule is CCNC(=NCC1(SCC)CCOCC1)NC1CC(C)(C)Oc2ccccc21. The van der Waals surface area contributed by atoms with E-state index in [9.17, 15) is 0 Å². The maximum absolute atomic E-state index is 6.18. The van der Waals surface area contributed by atoms with E-state index in [0.717, 1.165) is 63.0 Å². The lowest BCUT2D eigenvalue weighted by molar-refractivity contribution is 0.0693. The summed E-state index contributed by atoms with van der Waals surface area (Å²) in [6.45, 7) is 12.0. The van der Waals surface area contributed by atoms with E-state index in [2.05, 4.69) is 56.5 Å². The van der Waals surface area contributed by atoms with Crippen LogP contribution in [0.1, 0.15) is 58.6 Å². The molecule has 1 unspecified atom stereocenters. The highest BCUT2D eigenvalue weighted by Gasteiger charge is 2.35. The second-order valence-electron chi connectivity index (χ2n) is 8.22. The first-order chi connectivity index (χ1) is 13.5. The molecule has 0 bridgehead atoms. The van der Waals surface area contributed by atoms with E-state index < -0.39 is 0 Å². The quantitative estimate of drug-likeness (QED) is 0.550. The van der Waals surface area contributed by atoms with Crippen LogP contribution in [-0.4, -0.2) is 48.4 Å². The Morgan fingerprint density at radius 2 is 1.96 bits per heavy atom. The summed E-state index contributed by atoms with van der Waals surface area (Å²) < 4.78 is 12.0. The number of hydrogen-bond acceptors (Lipinski definition) is 4. The summed E-state index contributed by atoms with van der Waals surface area (Å²) in [5, 5.41) is 7.13. The Kier molecular flexibility index (Phi) is 7.15. The lowest BCUT2D eigenvalue weighted by Gasteiger charge is -2.38. The molecule has 0 amide bonds. The monoisotopic (exact) mass is 405 g/mol. The second kappa shape index (κ2) is 9.40. The number of hydrogen-bond donors (Lipinski definition) is 2. The van der Waals surface area contributed by atoms with Crippen LogP contribution in [0.2, 0.25) is 0 Å². The number of nitrogens with one attached hydrogen (secondary N) is 2. The van der Waals surface area contributed by atoms with Crippen molar-refractivity contribution >= 4 is 17.7 Å². The molecular formula is C22H35N3O2S. The standard InChI is InChI=1S/C22H35N3O2S/c1-5-23-20(24-16-22(28-6-2)11-13-26-14-12-22)25-18-15-21(3,4)27-19-10-8-7-9-17(18)19/h7-10,18H,5-6,11-16H2,1-4H3,(H2,23,24,25). The van der Waals surface area contributed by atoms with Gasteiger partial charge in [-0.25, -0.2) is 0 Å². The highest BCUT2D eigenvalue weighted by molar-refractivity contribution is 8.00. The molecule has 0 radical (unpaired) electrons. The van der Waals surface area contributed by atoms with E-state index in [1.807, 2.05) is 17.8 Å². The smallest absolute Gasteiger partial charge is 0.191 e. The van der Waals surface area contributed by atoms with Gasteiger partial charge in [0, 0.05) is 36.5 Å². The summed E-state index contributed by atoms with van der Waals surface area (Å²) in [5.41, 5.74) is 1.000. The number of thioether (sulfide) groups is 1. The normalized spacial score (nSPS) is 23.4. The van der Waals surface area contributed by atoms with Crippen LogP contribution in [0.15, 0.2) is 29.3 Å². The summed E-state index contributed by atoms with van der Waals surface area (Å²) in [5.74, 6) is 2.97. The number of ether oxygens (including phenoxy) is 2. The van der Waals surface area contributed by atoms with Crippen molar-refractivity contribution in [2.24, 2.45) is 4.99 Å². The Balaban J connectivity index is 1.78. The molecule has 28 heavy (non-hydrogen) atoms. The predicted molar refractivity (Wildman–Crippen MR) is 119 cm³/mol. The van der Waals surface area contributed by atoms with Gasteiger partial charge in [0.2, 0.25) is 0 Å². The van der Waals surface area contributed by atoms with Crippen LogP contribution in [0, 0.1) is 0 Å². The lowest BCUT2D eigenvalue weighted by atomic mass is 9.90. The fraction of sp³-hybridized carbons (Fsp3) is 0.682. The minimum Gasteiger partial charge on any atom is -0.487 e. The van der Waals surface area contributed by atoms with Crippen LogP contribution in [-0.2, 0) is 4.74 Å². The number of guanidine groups is 1. The van der Waals surface area contributed by atoms with Crippen molar-refractivity contribution in [3.8, 4) is 5.75 Å². The van der Waals surface area contributed by atoms with Gasteiger partial charge in [-0.15, -0.1) is 0 Å². The van der Waals surface area contributed by atoms with E-state index in [4.69, 9.17) is 14.5 Å². The lowest BCUT2D eigenvalue weighted by Crippen LogP contribution is -2.46. The van der Waals surface area contributed by atoms with Crippen molar-refractivity contribution in [2.45, 2.75) is 63.3 Å². The van der Waals surface area contributed by atoms with Crippen LogP contribution in [0.4, 0.5) is 0 Å². The zero-order valence-corrected chi connectivity index (χ0v) is 18.5. The molecule has 1 aromatic rings. The minimum atomic E-state index is -0.205. The number of rotatable bonds is 6. The Bertz CT molecular complexity index is 666. The van der Waals surface area contributed by atoms with Crippen molar-refractivity contribution < 1.29 is 9.47 Å². The topological polar surface area (TPSA) is 54.9 Å². The van der Waals surface area contributed by atoms with Crippen LogP contribution in [0.5, 0.6) is 5.75 Å². The minimum absolute atomic E-state index is 0.183. The molecule has 156 valence electrons. The molecule has 2 N–H and O–H groups in total. The summed E-state index contributed by atoms with van der Waals surface area (Å²) in [6.07, 6.45) is 3.04. The first-order valence-corrected chi connectivity index (χ1v) is 11.5. The van der Waals surface area contributed by atoms with Crippen LogP contribution >= 0.6 is 11.8 Å². The van der Waals surface area contributed by atoms with Gasteiger partial charge >= 0.3 is 0 Å². The number of para-hydroxylation sites is 1. The van der Waals surface area contributed by atoms with Gasteiger partial charge in [0.25, 0.3) is 0 Å². The van der Waals surface area contributed by atoms with Gasteiger partial charge in [0.05, 0.1) is 12.6 Å². The van der Waals surface area contributed by atoms with Crippen molar-refractivity contribution in [1.29, 1.82) is 0 Å². The van der Waals surface area contributed by atoms with Gasteiger partial charge < -0.3 is 20.1 Å². The third-order valence-electron chi connectivity index (χ3n) is 5.41. The van der Waals surface area contributed by atoms with Gasteiger partial charge in [0.1, 0.15) is 11.4 Å². The highest BCUT2D eigenvalue weighted by atomic mass is 32.2. The van der Waals surface area contributed by atoms with E-state index in [-0.39, 0.29) is 16.4 Å². The summed E-state index contributed by atoms with van der Waals surface area (Å²) in [7, 11) is 0. The Morgan fingerprint density at radius 3 is 2.68 bits per heavy atom. The fourth-order valence-corrected chi connectivity index (χ4v) is 5.26. The van der Waals surface area contributed by atoms with Gasteiger partial charge in [0.15, 0.2) is 5.96 Å². The first kappa shape index (κ1) is 21.3. The summed E-state index contributed by atoms with van der Waals surface area (Å²) in [4.78, 5) is 5.02. The van der Waals surface area contributed by atoms with Crippen molar-refractivity contribution in [3.63, 3.8) is 0 Å². The van der Waals surface area contributed by atoms with Gasteiger partial charge in [-0.3, -0.25) is 4.99 Å². The average Bonchev–Trinajstić information content (AvgIpc) is 2.66. The Hall–Kier alpha value is -1.40. The summed E-state index contributed by atoms with van der Waals surface area (Å²) >= 11 is 2.03. The molecular weight excluding hydrogens is 370 g/mol. The molecule has 0 spiro atoms. The van der Waals surface area contributed by atoms with Gasteiger partial charge in [-0.1, -0.05) is 25.1 Å². The molecule has 1 fully saturated rings. The molecule has 0 aromatic heterocycles. The average molecular weight is 406 g/mol. The number of nitrogens with zero attached hydrogens (tertiary/aromatic N) is 1. The molecule has 2 heterocycles. The highest BCUT2D eigenvalue weighted by Crippen LogP contribution is 2.39. The molecule has 3 rings (SSSR count). The number of aliphatic imine (C=N–C) groups is 1. The molecule has 0 aliphatic carbocycles. The second-order valence-corrected chi connectivity index (χ2v) is 9.96. The molecule has 2 aliphatic heterocycles. The first-order valence-electron chi connectivity index (χ1n) is 10.5. The van der Waals surface area contributed by atoms with Crippen molar-refractivity contribution in [3.05, 3.63) is 29.8 Å². The summed E-state index contributed by atoms with van der Waals surface area (Å²) in [6, 6.07) is 8.51. The Morgan fingerprint density at radius 1 is 1.21 bits per heavy atom. The number of fused-ring (bicyclic) bond motifs is 1. The van der Waals surface area contributed by atoms with E-state index in [0.29, 0.717) is 0 Å². The Labute approximate surface area is 174 Å². The fourth-order valence-electron chi connectivity index (χ4n) is 4.04. The van der Waals surface area contributed by atoms with Crippen molar-refractivity contribution in [2.75, 3.05) is 32.1 Å². The molecule has 1 saturated heterocycles. The third-order valence-corrected chi connectivity index (χ3v) is 6.85. The molecule has 2 aliphatic rings. The van der Waals surface area contributed by atoms with Crippen molar-refractivity contribution in [1.82, 2.24) is 10.6 Å². The van der Waals surface area contributed by atoms with Crippen LogP contribution in [0.25, 0.3) is 0 Å². The van der Waals surface area contributed by atoms with E-state index in [1.165, 1.54) is 5.56 Å². The largest absolute Gasteiger partial charge is 0.487 e. The maximum atomic E-state index is 6.18. The van der Waals surface area contributed by atoms with Crippen LogP contribution < -0.4 is 15.4 Å². The number of benzene rings is 1. The van der Waals surface area contributed by atoms with Gasteiger partial charge in [-0.05, 0) is 45.4 Å². The van der Waals surface area contributed by atoms with Gasteiger partial charge in [-0.2, -0.15) is 11.8 Å². The predicted octanol–water partition coefficient (Wildman–Crippen LogP) is 4.15. The molecule has 5 nitrogen and oxygen atoms in total. The molecule has 6 heteroatoms. The molecule has 1 atom stereocenters.